The second-order valence-electron chi connectivity index (χ2n) is 4.41. The van der Waals surface area contributed by atoms with Gasteiger partial charge in [-0.3, -0.25) is 4.79 Å². The van der Waals surface area contributed by atoms with Crippen molar-refractivity contribution in [3.63, 3.8) is 0 Å². The SMILES string of the molecule is CC(C)c1cccc(OCC(=O)NCC(F)(F)F)c1. The van der Waals surface area contributed by atoms with Crippen LogP contribution in [0.5, 0.6) is 5.75 Å². The third-order valence-corrected chi connectivity index (χ3v) is 2.38. The first-order valence-electron chi connectivity index (χ1n) is 5.84. The van der Waals surface area contributed by atoms with Crippen LogP contribution in [0.25, 0.3) is 0 Å². The van der Waals surface area contributed by atoms with E-state index in [-0.39, 0.29) is 0 Å². The summed E-state index contributed by atoms with van der Waals surface area (Å²) in [5.41, 5.74) is 1.04. The van der Waals surface area contributed by atoms with E-state index >= 15 is 0 Å². The molecule has 1 aromatic carbocycles. The molecule has 1 N–H and O–H groups in total. The molecule has 0 aliphatic carbocycles. The van der Waals surface area contributed by atoms with E-state index in [0.717, 1.165) is 5.56 Å². The highest BCUT2D eigenvalue weighted by molar-refractivity contribution is 5.77. The number of hydrogen-bond acceptors (Lipinski definition) is 2. The van der Waals surface area contributed by atoms with Crippen LogP contribution in [0, 0.1) is 0 Å². The van der Waals surface area contributed by atoms with Crippen LogP contribution in [-0.4, -0.2) is 25.2 Å². The summed E-state index contributed by atoms with van der Waals surface area (Å²) in [4.78, 5) is 11.1. The Balaban J connectivity index is 2.44. The highest BCUT2D eigenvalue weighted by Gasteiger charge is 2.27. The van der Waals surface area contributed by atoms with Gasteiger partial charge in [0.15, 0.2) is 6.61 Å². The average molecular weight is 275 g/mol. The molecule has 6 heteroatoms. The monoisotopic (exact) mass is 275 g/mol. The molecule has 0 saturated heterocycles. The van der Waals surface area contributed by atoms with Gasteiger partial charge in [-0.1, -0.05) is 26.0 Å². The van der Waals surface area contributed by atoms with E-state index in [1.807, 2.05) is 19.9 Å². The van der Waals surface area contributed by atoms with E-state index in [0.29, 0.717) is 11.7 Å². The molecule has 0 spiro atoms. The summed E-state index contributed by atoms with van der Waals surface area (Å²) in [6.45, 7) is 2.24. The fourth-order valence-electron chi connectivity index (χ4n) is 1.36. The molecule has 0 fully saturated rings. The second-order valence-corrected chi connectivity index (χ2v) is 4.41. The van der Waals surface area contributed by atoms with Crippen LogP contribution < -0.4 is 10.1 Å². The lowest BCUT2D eigenvalue weighted by Gasteiger charge is -2.11. The van der Waals surface area contributed by atoms with Crippen molar-refractivity contribution < 1.29 is 22.7 Å². The summed E-state index contributed by atoms with van der Waals surface area (Å²) in [5.74, 6) is -0.0248. The molecule has 0 aliphatic heterocycles. The van der Waals surface area contributed by atoms with Gasteiger partial charge in [0, 0.05) is 0 Å². The fraction of sp³-hybridized carbons (Fsp3) is 0.462. The van der Waals surface area contributed by atoms with Crippen LogP contribution >= 0.6 is 0 Å². The third kappa shape index (κ3) is 6.13. The van der Waals surface area contributed by atoms with E-state index in [2.05, 4.69) is 0 Å². The molecule has 0 atom stereocenters. The summed E-state index contributed by atoms with van der Waals surface area (Å²) in [7, 11) is 0. The van der Waals surface area contributed by atoms with E-state index < -0.39 is 25.2 Å². The Morgan fingerprint density at radius 2 is 2.05 bits per heavy atom. The number of alkyl halides is 3. The molecule has 0 radical (unpaired) electrons. The third-order valence-electron chi connectivity index (χ3n) is 2.38. The molecule has 0 heterocycles. The van der Waals surface area contributed by atoms with Gasteiger partial charge in [-0.25, -0.2) is 0 Å². The van der Waals surface area contributed by atoms with Crippen molar-refractivity contribution >= 4 is 5.91 Å². The maximum atomic E-state index is 11.9. The van der Waals surface area contributed by atoms with Gasteiger partial charge in [0.1, 0.15) is 12.3 Å². The van der Waals surface area contributed by atoms with Gasteiger partial charge in [-0.2, -0.15) is 13.2 Å². The van der Waals surface area contributed by atoms with Gasteiger partial charge in [0.25, 0.3) is 5.91 Å². The summed E-state index contributed by atoms with van der Waals surface area (Å²) >= 11 is 0. The predicted octanol–water partition coefficient (Wildman–Crippen LogP) is 2.87. The number of hydrogen-bond donors (Lipinski definition) is 1. The zero-order chi connectivity index (χ0) is 14.5. The van der Waals surface area contributed by atoms with Gasteiger partial charge in [-0.15, -0.1) is 0 Å². The lowest BCUT2D eigenvalue weighted by molar-refractivity contribution is -0.139. The minimum absolute atomic E-state index is 0.308. The van der Waals surface area contributed by atoms with Crippen molar-refractivity contribution in [3.8, 4) is 5.75 Å². The molecule has 106 valence electrons. The Morgan fingerprint density at radius 3 is 2.63 bits per heavy atom. The molecule has 0 unspecified atom stereocenters. The molecule has 3 nitrogen and oxygen atoms in total. The van der Waals surface area contributed by atoms with Gasteiger partial charge in [0.05, 0.1) is 0 Å². The van der Waals surface area contributed by atoms with Gasteiger partial charge < -0.3 is 10.1 Å². The molecule has 19 heavy (non-hydrogen) atoms. The van der Waals surface area contributed by atoms with E-state index in [1.165, 1.54) is 0 Å². The summed E-state index contributed by atoms with van der Waals surface area (Å²) < 4.78 is 40.7. The normalized spacial score (nSPS) is 11.5. The van der Waals surface area contributed by atoms with Crippen LogP contribution in [0.1, 0.15) is 25.3 Å². The van der Waals surface area contributed by atoms with Gasteiger partial charge in [0.2, 0.25) is 0 Å². The van der Waals surface area contributed by atoms with Crippen molar-refractivity contribution in [3.05, 3.63) is 29.8 Å². The molecular weight excluding hydrogens is 259 g/mol. The molecular formula is C13H16F3NO2. The average Bonchev–Trinajstić information content (AvgIpc) is 2.33. The van der Waals surface area contributed by atoms with Crippen molar-refractivity contribution in [2.75, 3.05) is 13.2 Å². The molecule has 0 aliphatic rings. The Bertz CT molecular complexity index is 430. The lowest BCUT2D eigenvalue weighted by Crippen LogP contribution is -2.36. The van der Waals surface area contributed by atoms with Crippen molar-refractivity contribution in [1.82, 2.24) is 5.32 Å². The number of nitrogens with one attached hydrogen (secondary N) is 1. The number of ether oxygens (including phenoxy) is 1. The largest absolute Gasteiger partial charge is 0.484 e. The molecule has 0 saturated carbocycles. The zero-order valence-electron chi connectivity index (χ0n) is 10.8. The Hall–Kier alpha value is -1.72. The number of benzene rings is 1. The maximum Gasteiger partial charge on any atom is 0.405 e. The topological polar surface area (TPSA) is 38.3 Å². The standard InChI is InChI=1S/C13H16F3NO2/c1-9(2)10-4-3-5-11(6-10)19-7-12(18)17-8-13(14,15)16/h3-6,9H,7-8H2,1-2H3,(H,17,18). The van der Waals surface area contributed by atoms with Crippen LogP contribution in [0.15, 0.2) is 24.3 Å². The number of rotatable bonds is 5. The number of amides is 1. The van der Waals surface area contributed by atoms with Crippen LogP contribution in [0.3, 0.4) is 0 Å². The maximum absolute atomic E-state index is 11.9. The summed E-state index contributed by atoms with van der Waals surface area (Å²) in [5, 5.41) is 1.74. The van der Waals surface area contributed by atoms with Crippen LogP contribution in [-0.2, 0) is 4.79 Å². The fourth-order valence-corrected chi connectivity index (χ4v) is 1.36. The van der Waals surface area contributed by atoms with Crippen molar-refractivity contribution in [1.29, 1.82) is 0 Å². The molecule has 0 bridgehead atoms. The lowest BCUT2D eigenvalue weighted by atomic mass is 10.0. The highest BCUT2D eigenvalue weighted by atomic mass is 19.4. The van der Waals surface area contributed by atoms with Crippen molar-refractivity contribution in [2.24, 2.45) is 0 Å². The Morgan fingerprint density at radius 1 is 1.37 bits per heavy atom. The summed E-state index contributed by atoms with van der Waals surface area (Å²) in [6.07, 6.45) is -4.41. The van der Waals surface area contributed by atoms with E-state index in [4.69, 9.17) is 4.74 Å². The molecule has 1 rings (SSSR count). The zero-order valence-corrected chi connectivity index (χ0v) is 10.8. The number of carbonyl (C=O) groups is 1. The van der Waals surface area contributed by atoms with E-state index in [9.17, 15) is 18.0 Å². The van der Waals surface area contributed by atoms with Crippen LogP contribution in [0.2, 0.25) is 0 Å². The van der Waals surface area contributed by atoms with Gasteiger partial charge in [-0.05, 0) is 23.6 Å². The quantitative estimate of drug-likeness (QED) is 0.897. The smallest absolute Gasteiger partial charge is 0.405 e. The Kier molecular flexibility index (Phi) is 5.20. The van der Waals surface area contributed by atoms with Gasteiger partial charge >= 0.3 is 6.18 Å². The first kappa shape index (κ1) is 15.3. The molecule has 1 aromatic rings. The Labute approximate surface area is 109 Å². The first-order chi connectivity index (χ1) is 8.78. The highest BCUT2D eigenvalue weighted by Crippen LogP contribution is 2.20. The predicted molar refractivity (Wildman–Crippen MR) is 65.1 cm³/mol. The minimum Gasteiger partial charge on any atom is -0.484 e. The molecule has 1 amide bonds. The number of halogens is 3. The van der Waals surface area contributed by atoms with Crippen LogP contribution in [0.4, 0.5) is 13.2 Å². The molecule has 0 aromatic heterocycles. The second kappa shape index (κ2) is 6.45. The van der Waals surface area contributed by atoms with E-state index in [1.54, 1.807) is 23.5 Å². The minimum atomic E-state index is -4.41. The van der Waals surface area contributed by atoms with Crippen molar-refractivity contribution in [2.45, 2.75) is 25.9 Å². The first-order valence-corrected chi connectivity index (χ1v) is 5.84. The summed E-state index contributed by atoms with van der Waals surface area (Å²) in [6, 6.07) is 7.12. The number of carbonyl (C=O) groups excluding carboxylic acids is 1.